The van der Waals surface area contributed by atoms with E-state index in [9.17, 15) is 14.4 Å². The summed E-state index contributed by atoms with van der Waals surface area (Å²) in [5.74, 6) is -0.845. The van der Waals surface area contributed by atoms with Crippen LogP contribution in [-0.4, -0.2) is 20.2 Å². The maximum atomic E-state index is 12.7. The van der Waals surface area contributed by atoms with Gasteiger partial charge in [0, 0.05) is 24.2 Å². The van der Waals surface area contributed by atoms with Crippen LogP contribution in [0, 0.1) is 6.92 Å². The third kappa shape index (κ3) is 3.88. The summed E-state index contributed by atoms with van der Waals surface area (Å²) >= 11 is 3.29. The molecule has 0 amide bonds. The van der Waals surface area contributed by atoms with Crippen molar-refractivity contribution in [1.82, 2.24) is 9.13 Å². The summed E-state index contributed by atoms with van der Waals surface area (Å²) in [4.78, 5) is 35.6. The predicted octanol–water partition coefficient (Wildman–Crippen LogP) is 2.87. The summed E-state index contributed by atoms with van der Waals surface area (Å²) in [5.41, 5.74) is -0.0638. The van der Waals surface area contributed by atoms with Gasteiger partial charge in [0.05, 0.1) is 0 Å². The highest BCUT2D eigenvalue weighted by atomic mass is 79.9. The molecule has 1 rings (SSSR count). The molecule has 6 nitrogen and oxygen atoms in total. The average Bonchev–Trinajstić information content (AvgIpc) is 2.44. The van der Waals surface area contributed by atoms with Crippen molar-refractivity contribution >= 4 is 21.9 Å². The Morgan fingerprint density at radius 1 is 1.23 bits per heavy atom. The first-order valence-corrected chi connectivity index (χ1v) is 8.26. The van der Waals surface area contributed by atoms with Crippen molar-refractivity contribution in [1.29, 1.82) is 0 Å². The largest absolute Gasteiger partial charge is 0.481 e. The molecule has 0 saturated heterocycles. The molecule has 2 unspecified atom stereocenters. The molecule has 1 N–H and O–H groups in total. The smallest absolute Gasteiger partial charge is 0.331 e. The van der Waals surface area contributed by atoms with Gasteiger partial charge in [-0.15, -0.1) is 0 Å². The van der Waals surface area contributed by atoms with Crippen LogP contribution in [0.2, 0.25) is 0 Å². The number of aliphatic carboxylic acids is 1. The van der Waals surface area contributed by atoms with Gasteiger partial charge in [-0.25, -0.2) is 4.79 Å². The first-order valence-electron chi connectivity index (χ1n) is 7.47. The first kappa shape index (κ1) is 18.7. The Labute approximate surface area is 137 Å². The van der Waals surface area contributed by atoms with Gasteiger partial charge in [0.25, 0.3) is 5.56 Å². The highest BCUT2D eigenvalue weighted by Crippen LogP contribution is 2.19. The molecule has 0 saturated carbocycles. The van der Waals surface area contributed by atoms with Gasteiger partial charge < -0.3 is 5.11 Å². The van der Waals surface area contributed by atoms with Gasteiger partial charge >= 0.3 is 11.7 Å². The zero-order valence-corrected chi connectivity index (χ0v) is 15.0. The second-order valence-electron chi connectivity index (χ2n) is 5.62. The summed E-state index contributed by atoms with van der Waals surface area (Å²) in [6, 6.07) is -0.353. The summed E-state index contributed by atoms with van der Waals surface area (Å²) in [7, 11) is 0. The number of carboxylic acid groups (broad SMARTS) is 1. The lowest BCUT2D eigenvalue weighted by atomic mass is 10.1. The van der Waals surface area contributed by atoms with Crippen LogP contribution in [0.1, 0.15) is 64.2 Å². The lowest BCUT2D eigenvalue weighted by Crippen LogP contribution is -2.44. The lowest BCUT2D eigenvalue weighted by molar-refractivity contribution is -0.137. The Balaban J connectivity index is 3.30. The Kier molecular flexibility index (Phi) is 6.59. The zero-order valence-electron chi connectivity index (χ0n) is 13.4. The molecule has 1 heterocycles. The quantitative estimate of drug-likeness (QED) is 0.795. The lowest BCUT2D eigenvalue weighted by Gasteiger charge is -2.22. The predicted molar refractivity (Wildman–Crippen MR) is 88.6 cm³/mol. The van der Waals surface area contributed by atoms with Crippen LogP contribution in [0.5, 0.6) is 0 Å². The molecule has 124 valence electrons. The van der Waals surface area contributed by atoms with Crippen molar-refractivity contribution in [2.45, 2.75) is 65.5 Å². The van der Waals surface area contributed by atoms with Crippen molar-refractivity contribution < 1.29 is 9.90 Å². The Morgan fingerprint density at radius 3 is 2.32 bits per heavy atom. The van der Waals surface area contributed by atoms with Crippen LogP contribution in [0.4, 0.5) is 0 Å². The number of hydrogen-bond acceptors (Lipinski definition) is 3. The Bertz CT molecular complexity index is 663. The Morgan fingerprint density at radius 2 is 1.82 bits per heavy atom. The molecule has 0 aliphatic heterocycles. The number of halogens is 1. The van der Waals surface area contributed by atoms with Crippen molar-refractivity contribution in [3.63, 3.8) is 0 Å². The van der Waals surface area contributed by atoms with Gasteiger partial charge in [-0.2, -0.15) is 0 Å². The molecule has 0 bridgehead atoms. The van der Waals surface area contributed by atoms with E-state index in [2.05, 4.69) is 15.9 Å². The average molecular weight is 375 g/mol. The topological polar surface area (TPSA) is 81.3 Å². The van der Waals surface area contributed by atoms with E-state index in [0.717, 1.165) is 0 Å². The highest BCUT2D eigenvalue weighted by Gasteiger charge is 2.20. The van der Waals surface area contributed by atoms with Gasteiger partial charge in [-0.3, -0.25) is 18.7 Å². The molecule has 0 spiro atoms. The zero-order chi connectivity index (χ0) is 17.0. The Hall–Kier alpha value is -1.37. The van der Waals surface area contributed by atoms with Crippen molar-refractivity contribution in [3.8, 4) is 0 Å². The molecule has 0 fully saturated rings. The van der Waals surface area contributed by atoms with Gasteiger partial charge in [-0.05, 0) is 56.0 Å². The summed E-state index contributed by atoms with van der Waals surface area (Å²) < 4.78 is 3.24. The second-order valence-corrected chi connectivity index (χ2v) is 6.41. The summed E-state index contributed by atoms with van der Waals surface area (Å²) in [6.07, 6.45) is 1.81. The van der Waals surface area contributed by atoms with Crippen molar-refractivity contribution in [2.24, 2.45) is 0 Å². The summed E-state index contributed by atoms with van der Waals surface area (Å²) in [6.45, 7) is 7.35. The maximum Gasteiger partial charge on any atom is 0.331 e. The molecule has 2 atom stereocenters. The molecule has 1 aromatic rings. The highest BCUT2D eigenvalue weighted by molar-refractivity contribution is 9.10. The van der Waals surface area contributed by atoms with Crippen LogP contribution in [0.15, 0.2) is 14.1 Å². The first-order chi connectivity index (χ1) is 10.2. The fourth-order valence-electron chi connectivity index (χ4n) is 2.48. The van der Waals surface area contributed by atoms with Gasteiger partial charge in [0.1, 0.15) is 4.47 Å². The van der Waals surface area contributed by atoms with E-state index in [1.54, 1.807) is 11.5 Å². The van der Waals surface area contributed by atoms with E-state index in [1.807, 2.05) is 20.8 Å². The second kappa shape index (κ2) is 7.76. The van der Waals surface area contributed by atoms with E-state index in [1.165, 1.54) is 4.57 Å². The fraction of sp³-hybridized carbons (Fsp3) is 0.667. The third-order valence-corrected chi connectivity index (χ3v) is 4.90. The molecule has 7 heteroatoms. The van der Waals surface area contributed by atoms with Crippen molar-refractivity contribution in [3.05, 3.63) is 31.0 Å². The van der Waals surface area contributed by atoms with Crippen molar-refractivity contribution in [2.75, 3.05) is 0 Å². The number of carbonyl (C=O) groups is 1. The molecule has 0 aromatic carbocycles. The van der Waals surface area contributed by atoms with Crippen LogP contribution >= 0.6 is 15.9 Å². The number of nitrogens with zero attached hydrogens (tertiary/aromatic N) is 2. The minimum Gasteiger partial charge on any atom is -0.481 e. The molecule has 0 aliphatic rings. The van der Waals surface area contributed by atoms with Crippen LogP contribution in [0.25, 0.3) is 0 Å². The SMILES string of the molecule is CCC(C)n1c(=O)c(Br)c(C)n(C(C)CCCC(=O)O)c1=O. The van der Waals surface area contributed by atoms with E-state index >= 15 is 0 Å². The van der Waals surface area contributed by atoms with E-state index in [-0.39, 0.29) is 29.8 Å². The van der Waals surface area contributed by atoms with Crippen LogP contribution in [-0.2, 0) is 4.79 Å². The number of rotatable bonds is 7. The van der Waals surface area contributed by atoms with Crippen LogP contribution < -0.4 is 11.2 Å². The normalized spacial score (nSPS) is 13.9. The van der Waals surface area contributed by atoms with Crippen LogP contribution in [0.3, 0.4) is 0 Å². The maximum absolute atomic E-state index is 12.7. The fourth-order valence-corrected chi connectivity index (χ4v) is 2.86. The number of aromatic nitrogens is 2. The van der Waals surface area contributed by atoms with Gasteiger partial charge in [-0.1, -0.05) is 6.92 Å². The summed E-state index contributed by atoms with van der Waals surface area (Å²) in [5, 5.41) is 8.71. The van der Waals surface area contributed by atoms with Gasteiger partial charge in [0.2, 0.25) is 0 Å². The molecule has 0 radical (unpaired) electrons. The van der Waals surface area contributed by atoms with E-state index in [0.29, 0.717) is 29.4 Å². The molecular weight excluding hydrogens is 352 g/mol. The minimum atomic E-state index is -0.845. The molecule has 1 aromatic heterocycles. The number of carboxylic acids is 1. The van der Waals surface area contributed by atoms with E-state index < -0.39 is 5.97 Å². The minimum absolute atomic E-state index is 0.0737. The molecular formula is C15H23BrN2O4. The van der Waals surface area contributed by atoms with E-state index in [4.69, 9.17) is 5.11 Å². The third-order valence-electron chi connectivity index (χ3n) is 3.98. The standard InChI is InChI=1S/C15H23BrN2O4/c1-5-9(2)18-14(21)13(16)11(4)17(15(18)22)10(3)7-6-8-12(19)20/h9-10H,5-8H2,1-4H3,(H,19,20). The van der Waals surface area contributed by atoms with Gasteiger partial charge in [0.15, 0.2) is 0 Å². The molecule has 22 heavy (non-hydrogen) atoms. The molecule has 0 aliphatic carbocycles. The number of hydrogen-bond donors (Lipinski definition) is 1. The monoisotopic (exact) mass is 374 g/mol.